The monoisotopic (exact) mass is 250 g/mol. The summed E-state index contributed by atoms with van der Waals surface area (Å²) >= 11 is 4.89. The lowest BCUT2D eigenvalue weighted by molar-refractivity contribution is 0.0911. The van der Waals surface area contributed by atoms with E-state index in [1.54, 1.807) is 24.3 Å². The van der Waals surface area contributed by atoms with E-state index in [0.29, 0.717) is 16.1 Å². The van der Waals surface area contributed by atoms with Gasteiger partial charge >= 0.3 is 0 Å². The van der Waals surface area contributed by atoms with Gasteiger partial charge in [0.15, 0.2) is 0 Å². The summed E-state index contributed by atoms with van der Waals surface area (Å²) in [4.78, 5) is 12.3. The summed E-state index contributed by atoms with van der Waals surface area (Å²) in [6.45, 7) is 6.01. The van der Waals surface area contributed by atoms with Crippen LogP contribution < -0.4 is 11.1 Å². The predicted octanol–water partition coefficient (Wildman–Crippen LogP) is 2.24. The number of nitrogens with one attached hydrogen (secondary N) is 1. The summed E-state index contributed by atoms with van der Waals surface area (Å²) in [5.74, 6) is -0.102. The molecule has 0 aliphatic rings. The van der Waals surface area contributed by atoms with E-state index in [-0.39, 0.29) is 11.4 Å². The summed E-state index contributed by atoms with van der Waals surface area (Å²) in [6.07, 6.45) is 0.869. The van der Waals surface area contributed by atoms with Gasteiger partial charge in [-0.05, 0) is 32.4 Å². The molecular weight excluding hydrogens is 232 g/mol. The van der Waals surface area contributed by atoms with Crippen LogP contribution in [0.3, 0.4) is 0 Å². The molecule has 0 atom stereocenters. The van der Waals surface area contributed by atoms with E-state index in [0.717, 1.165) is 6.42 Å². The van der Waals surface area contributed by atoms with Gasteiger partial charge in [-0.15, -0.1) is 0 Å². The highest BCUT2D eigenvalue weighted by Crippen LogP contribution is 2.10. The Morgan fingerprint density at radius 3 is 2.53 bits per heavy atom. The molecule has 1 aromatic rings. The average Bonchev–Trinajstić information content (AvgIpc) is 2.28. The Morgan fingerprint density at radius 2 is 2.00 bits per heavy atom. The molecule has 1 aromatic carbocycles. The molecule has 0 saturated heterocycles. The number of amides is 1. The van der Waals surface area contributed by atoms with Gasteiger partial charge < -0.3 is 11.1 Å². The molecule has 0 radical (unpaired) electrons. The lowest BCUT2D eigenvalue weighted by atomic mass is 10.0. The Bertz CT molecular complexity index is 441. The topological polar surface area (TPSA) is 55.1 Å². The van der Waals surface area contributed by atoms with Crippen LogP contribution in [-0.2, 0) is 0 Å². The SMILES string of the molecule is CCC(C)(C)NC(=O)c1cccc(C(N)=S)c1. The van der Waals surface area contributed by atoms with E-state index < -0.39 is 0 Å². The fourth-order valence-electron chi connectivity index (χ4n) is 1.28. The van der Waals surface area contributed by atoms with E-state index in [4.69, 9.17) is 18.0 Å². The fraction of sp³-hybridized carbons (Fsp3) is 0.385. The van der Waals surface area contributed by atoms with E-state index in [1.807, 2.05) is 20.8 Å². The van der Waals surface area contributed by atoms with Crippen molar-refractivity contribution in [3.8, 4) is 0 Å². The quantitative estimate of drug-likeness (QED) is 0.806. The number of rotatable bonds is 4. The third-order valence-corrected chi connectivity index (χ3v) is 2.98. The Labute approximate surface area is 107 Å². The maximum atomic E-state index is 12.0. The molecule has 17 heavy (non-hydrogen) atoms. The van der Waals surface area contributed by atoms with Crippen LogP contribution in [0.4, 0.5) is 0 Å². The van der Waals surface area contributed by atoms with Crippen molar-refractivity contribution in [3.63, 3.8) is 0 Å². The zero-order valence-electron chi connectivity index (χ0n) is 10.4. The van der Waals surface area contributed by atoms with Gasteiger partial charge in [-0.2, -0.15) is 0 Å². The molecule has 0 aliphatic carbocycles. The van der Waals surface area contributed by atoms with Crippen molar-refractivity contribution in [2.45, 2.75) is 32.7 Å². The zero-order chi connectivity index (χ0) is 13.1. The summed E-state index contributed by atoms with van der Waals surface area (Å²) in [7, 11) is 0. The highest BCUT2D eigenvalue weighted by atomic mass is 32.1. The molecule has 0 bridgehead atoms. The third kappa shape index (κ3) is 3.82. The second kappa shape index (κ2) is 5.27. The first-order valence-electron chi connectivity index (χ1n) is 5.58. The second-order valence-corrected chi connectivity index (χ2v) is 5.08. The molecular formula is C13H18N2OS. The largest absolute Gasteiger partial charge is 0.389 e. The van der Waals surface area contributed by atoms with Crippen molar-refractivity contribution in [1.82, 2.24) is 5.32 Å². The summed E-state index contributed by atoms with van der Waals surface area (Å²) in [5, 5.41) is 2.97. The zero-order valence-corrected chi connectivity index (χ0v) is 11.2. The molecule has 0 unspecified atom stereocenters. The third-order valence-electron chi connectivity index (χ3n) is 2.75. The highest BCUT2D eigenvalue weighted by Gasteiger charge is 2.18. The lowest BCUT2D eigenvalue weighted by Crippen LogP contribution is -2.42. The second-order valence-electron chi connectivity index (χ2n) is 4.64. The fourth-order valence-corrected chi connectivity index (χ4v) is 1.41. The molecule has 0 heterocycles. The Balaban J connectivity index is 2.90. The minimum absolute atomic E-state index is 0.102. The van der Waals surface area contributed by atoms with Crippen LogP contribution in [0, 0.1) is 0 Å². The molecule has 3 nitrogen and oxygen atoms in total. The van der Waals surface area contributed by atoms with Gasteiger partial charge in [0.1, 0.15) is 4.99 Å². The van der Waals surface area contributed by atoms with Gasteiger partial charge in [0.05, 0.1) is 0 Å². The van der Waals surface area contributed by atoms with Crippen molar-refractivity contribution < 1.29 is 4.79 Å². The van der Waals surface area contributed by atoms with Crippen LogP contribution >= 0.6 is 12.2 Å². The van der Waals surface area contributed by atoms with Gasteiger partial charge in [-0.25, -0.2) is 0 Å². The van der Waals surface area contributed by atoms with E-state index >= 15 is 0 Å². The van der Waals surface area contributed by atoms with Crippen LogP contribution in [0.25, 0.3) is 0 Å². The van der Waals surface area contributed by atoms with E-state index in [2.05, 4.69) is 5.32 Å². The molecule has 3 N–H and O–H groups in total. The van der Waals surface area contributed by atoms with E-state index in [1.165, 1.54) is 0 Å². The van der Waals surface area contributed by atoms with Crippen LogP contribution in [0.1, 0.15) is 43.1 Å². The maximum absolute atomic E-state index is 12.0. The standard InChI is InChI=1S/C13H18N2OS/c1-4-13(2,3)15-12(16)10-7-5-6-9(8-10)11(14)17/h5-8H,4H2,1-3H3,(H2,14,17)(H,15,16). The number of carbonyl (C=O) groups excluding carboxylic acids is 1. The number of carbonyl (C=O) groups is 1. The summed E-state index contributed by atoms with van der Waals surface area (Å²) in [6, 6.07) is 7.04. The summed E-state index contributed by atoms with van der Waals surface area (Å²) < 4.78 is 0. The summed E-state index contributed by atoms with van der Waals surface area (Å²) in [5.41, 5.74) is 6.61. The first kappa shape index (κ1) is 13.6. The first-order valence-corrected chi connectivity index (χ1v) is 5.99. The molecule has 1 amide bonds. The van der Waals surface area contributed by atoms with Gasteiger partial charge in [-0.3, -0.25) is 4.79 Å². The molecule has 0 aromatic heterocycles. The van der Waals surface area contributed by atoms with Gasteiger partial charge in [0.2, 0.25) is 0 Å². The Morgan fingerprint density at radius 1 is 1.41 bits per heavy atom. The van der Waals surface area contributed by atoms with Crippen LogP contribution in [0.5, 0.6) is 0 Å². The molecule has 0 aliphatic heterocycles. The number of nitrogens with two attached hydrogens (primary N) is 1. The minimum atomic E-state index is -0.212. The molecule has 0 fully saturated rings. The predicted molar refractivity (Wildman–Crippen MR) is 74.2 cm³/mol. The average molecular weight is 250 g/mol. The van der Waals surface area contributed by atoms with Crippen LogP contribution in [-0.4, -0.2) is 16.4 Å². The van der Waals surface area contributed by atoms with Crippen molar-refractivity contribution in [3.05, 3.63) is 35.4 Å². The Hall–Kier alpha value is -1.42. The number of benzene rings is 1. The maximum Gasteiger partial charge on any atom is 0.251 e. The minimum Gasteiger partial charge on any atom is -0.389 e. The van der Waals surface area contributed by atoms with Crippen molar-refractivity contribution in [1.29, 1.82) is 0 Å². The molecule has 4 heteroatoms. The molecule has 1 rings (SSSR count). The Kier molecular flexibility index (Phi) is 4.23. The normalized spacial score (nSPS) is 11.0. The van der Waals surface area contributed by atoms with Crippen molar-refractivity contribution >= 4 is 23.1 Å². The number of hydrogen-bond donors (Lipinski definition) is 2. The van der Waals surface area contributed by atoms with Gasteiger partial charge in [0.25, 0.3) is 5.91 Å². The van der Waals surface area contributed by atoms with Gasteiger partial charge in [0, 0.05) is 16.7 Å². The lowest BCUT2D eigenvalue weighted by Gasteiger charge is -2.24. The smallest absolute Gasteiger partial charge is 0.251 e. The molecule has 0 spiro atoms. The highest BCUT2D eigenvalue weighted by molar-refractivity contribution is 7.80. The van der Waals surface area contributed by atoms with Crippen LogP contribution in [0.15, 0.2) is 24.3 Å². The number of hydrogen-bond acceptors (Lipinski definition) is 2. The van der Waals surface area contributed by atoms with Crippen molar-refractivity contribution in [2.24, 2.45) is 5.73 Å². The molecule has 0 saturated carbocycles. The number of thiocarbonyl (C=S) groups is 1. The van der Waals surface area contributed by atoms with Gasteiger partial charge in [-0.1, -0.05) is 31.3 Å². The molecule has 92 valence electrons. The van der Waals surface area contributed by atoms with Crippen molar-refractivity contribution in [2.75, 3.05) is 0 Å². The van der Waals surface area contributed by atoms with Crippen LogP contribution in [0.2, 0.25) is 0 Å². The first-order chi connectivity index (χ1) is 7.85. The van der Waals surface area contributed by atoms with E-state index in [9.17, 15) is 4.79 Å².